The molecule has 4 rings (SSSR count). The fourth-order valence-electron chi connectivity index (χ4n) is 3.04. The van der Waals surface area contributed by atoms with Crippen molar-refractivity contribution in [3.05, 3.63) is 99.1 Å². The number of rotatable bonds is 5. The summed E-state index contributed by atoms with van der Waals surface area (Å²) >= 11 is 9.48. The topological polar surface area (TPSA) is 75.7 Å². The highest BCUT2D eigenvalue weighted by Gasteiger charge is 2.38. The SMILES string of the molecule is Cc1ccc(N2C(=O)C(Cl)=C(Nc3ccc(C(=O)Oc4ccc(Br)cc4)cc3)C2=O)cc1. The highest BCUT2D eigenvalue weighted by atomic mass is 79.9. The molecule has 0 aliphatic carbocycles. The van der Waals surface area contributed by atoms with E-state index in [1.165, 1.54) is 0 Å². The van der Waals surface area contributed by atoms with Gasteiger partial charge in [0.15, 0.2) is 0 Å². The van der Waals surface area contributed by atoms with Gasteiger partial charge in [0, 0.05) is 10.2 Å². The van der Waals surface area contributed by atoms with Gasteiger partial charge in [-0.1, -0.05) is 45.2 Å². The number of aryl methyl sites for hydroxylation is 1. The second-order valence-corrected chi connectivity index (χ2v) is 8.31. The molecule has 3 aromatic rings. The van der Waals surface area contributed by atoms with Gasteiger partial charge in [-0.2, -0.15) is 0 Å². The van der Waals surface area contributed by atoms with Crippen LogP contribution >= 0.6 is 27.5 Å². The van der Waals surface area contributed by atoms with Crippen LogP contribution in [0.2, 0.25) is 0 Å². The number of imide groups is 1. The monoisotopic (exact) mass is 510 g/mol. The Labute approximate surface area is 197 Å². The number of amides is 2. The lowest BCUT2D eigenvalue weighted by Gasteiger charge is -2.15. The molecular weight excluding hydrogens is 496 g/mol. The van der Waals surface area contributed by atoms with Crippen LogP contribution in [0.25, 0.3) is 0 Å². The maximum absolute atomic E-state index is 12.8. The first-order valence-electron chi connectivity index (χ1n) is 9.53. The third-order valence-corrected chi connectivity index (χ3v) is 5.61. The highest BCUT2D eigenvalue weighted by Crippen LogP contribution is 2.30. The first-order valence-corrected chi connectivity index (χ1v) is 10.7. The molecule has 1 aliphatic heterocycles. The predicted octanol–water partition coefficient (Wildman–Crippen LogP) is 5.41. The normalized spacial score (nSPS) is 13.5. The van der Waals surface area contributed by atoms with Gasteiger partial charge in [-0.05, 0) is 67.6 Å². The smallest absolute Gasteiger partial charge is 0.343 e. The van der Waals surface area contributed by atoms with E-state index >= 15 is 0 Å². The summed E-state index contributed by atoms with van der Waals surface area (Å²) in [6.07, 6.45) is 0. The molecule has 1 heterocycles. The van der Waals surface area contributed by atoms with E-state index in [9.17, 15) is 14.4 Å². The number of ether oxygens (including phenoxy) is 1. The largest absolute Gasteiger partial charge is 0.423 e. The molecule has 32 heavy (non-hydrogen) atoms. The molecular formula is C24H16BrClN2O4. The zero-order chi connectivity index (χ0) is 22.8. The van der Waals surface area contributed by atoms with Gasteiger partial charge in [0.2, 0.25) is 0 Å². The first kappa shape index (κ1) is 21.8. The summed E-state index contributed by atoms with van der Waals surface area (Å²) in [6.45, 7) is 1.91. The standard InChI is InChI=1S/C24H16BrClN2O4/c1-14-2-10-18(11-3-14)28-22(29)20(26)21(23(28)30)27-17-8-4-15(5-9-17)24(31)32-19-12-6-16(25)7-13-19/h2-13,27H,1H3. The molecule has 0 fully saturated rings. The molecule has 0 unspecified atom stereocenters. The lowest BCUT2D eigenvalue weighted by atomic mass is 10.2. The van der Waals surface area contributed by atoms with Crippen LogP contribution in [0.5, 0.6) is 5.75 Å². The Bertz CT molecular complexity index is 1240. The number of hydrogen-bond acceptors (Lipinski definition) is 5. The number of esters is 1. The summed E-state index contributed by atoms with van der Waals surface area (Å²) < 4.78 is 6.21. The maximum atomic E-state index is 12.8. The van der Waals surface area contributed by atoms with Crippen molar-refractivity contribution >= 4 is 56.7 Å². The van der Waals surface area contributed by atoms with Gasteiger partial charge in [-0.25, -0.2) is 9.69 Å². The molecule has 0 spiro atoms. The Hall–Kier alpha value is -3.42. The van der Waals surface area contributed by atoms with E-state index in [4.69, 9.17) is 16.3 Å². The second kappa shape index (κ2) is 8.98. The first-order chi connectivity index (χ1) is 15.3. The van der Waals surface area contributed by atoms with Crippen molar-refractivity contribution in [2.24, 2.45) is 0 Å². The van der Waals surface area contributed by atoms with Crippen LogP contribution < -0.4 is 15.0 Å². The van der Waals surface area contributed by atoms with Gasteiger partial charge in [0.05, 0.1) is 11.3 Å². The number of benzene rings is 3. The zero-order valence-corrected chi connectivity index (χ0v) is 19.1. The van der Waals surface area contributed by atoms with Crippen molar-refractivity contribution in [3.8, 4) is 5.75 Å². The molecule has 0 saturated carbocycles. The van der Waals surface area contributed by atoms with Crippen LogP contribution in [0.3, 0.4) is 0 Å². The van der Waals surface area contributed by atoms with Crippen molar-refractivity contribution in [2.75, 3.05) is 10.2 Å². The number of halogens is 2. The quantitative estimate of drug-likeness (QED) is 0.281. The van der Waals surface area contributed by atoms with Crippen molar-refractivity contribution in [1.29, 1.82) is 0 Å². The fourth-order valence-corrected chi connectivity index (χ4v) is 3.52. The molecule has 3 aromatic carbocycles. The molecule has 1 N–H and O–H groups in total. The summed E-state index contributed by atoms with van der Waals surface area (Å²) in [5, 5.41) is 2.68. The minimum Gasteiger partial charge on any atom is -0.423 e. The molecule has 0 atom stereocenters. The average molecular weight is 512 g/mol. The lowest BCUT2D eigenvalue weighted by Crippen LogP contribution is -2.32. The summed E-state index contributed by atoms with van der Waals surface area (Å²) in [5.41, 5.74) is 2.23. The third kappa shape index (κ3) is 4.44. The molecule has 0 bridgehead atoms. The molecule has 0 radical (unpaired) electrons. The number of nitrogens with zero attached hydrogens (tertiary/aromatic N) is 1. The van der Waals surface area contributed by atoms with Gasteiger partial charge in [0.1, 0.15) is 16.5 Å². The Morgan fingerprint density at radius 2 is 1.53 bits per heavy atom. The summed E-state index contributed by atoms with van der Waals surface area (Å²) in [6, 6.07) is 20.2. The van der Waals surface area contributed by atoms with Gasteiger partial charge in [-0.15, -0.1) is 0 Å². The Balaban J connectivity index is 1.47. The molecule has 6 nitrogen and oxygen atoms in total. The van der Waals surface area contributed by atoms with Crippen molar-refractivity contribution in [1.82, 2.24) is 0 Å². The van der Waals surface area contributed by atoms with E-state index in [2.05, 4.69) is 21.2 Å². The lowest BCUT2D eigenvalue weighted by molar-refractivity contribution is -0.120. The molecule has 160 valence electrons. The molecule has 8 heteroatoms. The Morgan fingerprint density at radius 3 is 2.16 bits per heavy atom. The van der Waals surface area contributed by atoms with Gasteiger partial charge in [-0.3, -0.25) is 9.59 Å². The van der Waals surface area contributed by atoms with Gasteiger partial charge in [0.25, 0.3) is 11.8 Å². The van der Waals surface area contributed by atoms with Gasteiger partial charge >= 0.3 is 5.97 Å². The molecule has 0 saturated heterocycles. The number of carbonyl (C=O) groups is 3. The number of nitrogens with one attached hydrogen (secondary N) is 1. The summed E-state index contributed by atoms with van der Waals surface area (Å²) in [7, 11) is 0. The van der Waals surface area contributed by atoms with Crippen LogP contribution in [-0.4, -0.2) is 17.8 Å². The van der Waals surface area contributed by atoms with E-state index in [0.717, 1.165) is 14.9 Å². The van der Waals surface area contributed by atoms with E-state index in [0.29, 0.717) is 22.7 Å². The van der Waals surface area contributed by atoms with Crippen molar-refractivity contribution in [3.63, 3.8) is 0 Å². The minimum absolute atomic E-state index is 0.0255. The van der Waals surface area contributed by atoms with Crippen LogP contribution in [0.1, 0.15) is 15.9 Å². The number of anilines is 2. The van der Waals surface area contributed by atoms with E-state index < -0.39 is 17.8 Å². The molecule has 1 aliphatic rings. The predicted molar refractivity (Wildman–Crippen MR) is 126 cm³/mol. The average Bonchev–Trinajstić information content (AvgIpc) is 3.00. The Morgan fingerprint density at radius 1 is 0.906 bits per heavy atom. The van der Waals surface area contributed by atoms with E-state index in [1.54, 1.807) is 72.8 Å². The summed E-state index contributed by atoms with van der Waals surface area (Å²) in [5.74, 6) is -1.25. The minimum atomic E-state index is -0.599. The molecule has 0 aromatic heterocycles. The van der Waals surface area contributed by atoms with E-state index in [-0.39, 0.29) is 10.7 Å². The van der Waals surface area contributed by atoms with Gasteiger partial charge < -0.3 is 10.1 Å². The fraction of sp³-hybridized carbons (Fsp3) is 0.0417. The summed E-state index contributed by atoms with van der Waals surface area (Å²) in [4.78, 5) is 38.7. The van der Waals surface area contributed by atoms with Crippen molar-refractivity contribution in [2.45, 2.75) is 6.92 Å². The maximum Gasteiger partial charge on any atom is 0.343 e. The Kier molecular flexibility index (Phi) is 6.12. The number of carbonyl (C=O) groups excluding carboxylic acids is 3. The number of hydrogen-bond donors (Lipinski definition) is 1. The highest BCUT2D eigenvalue weighted by molar-refractivity contribution is 9.10. The van der Waals surface area contributed by atoms with Crippen LogP contribution in [0.15, 0.2) is 88.0 Å². The second-order valence-electron chi connectivity index (χ2n) is 7.02. The van der Waals surface area contributed by atoms with Crippen molar-refractivity contribution < 1.29 is 19.1 Å². The van der Waals surface area contributed by atoms with Crippen LogP contribution in [0, 0.1) is 6.92 Å². The van der Waals surface area contributed by atoms with Crippen LogP contribution in [0.4, 0.5) is 11.4 Å². The third-order valence-electron chi connectivity index (χ3n) is 4.73. The molecule has 2 amide bonds. The van der Waals surface area contributed by atoms with Crippen LogP contribution in [-0.2, 0) is 9.59 Å². The van der Waals surface area contributed by atoms with E-state index in [1.807, 2.05) is 6.92 Å². The zero-order valence-electron chi connectivity index (χ0n) is 16.8.